The van der Waals surface area contributed by atoms with E-state index in [2.05, 4.69) is 26.7 Å². The maximum atomic E-state index is 11.7. The van der Waals surface area contributed by atoms with Gasteiger partial charge in [-0.05, 0) is 18.1 Å². The summed E-state index contributed by atoms with van der Waals surface area (Å²) in [6.45, 7) is 0.809. The van der Waals surface area contributed by atoms with Crippen LogP contribution in [-0.2, 0) is 17.8 Å². The van der Waals surface area contributed by atoms with Gasteiger partial charge in [0.1, 0.15) is 6.54 Å². The molecule has 6 heteroatoms. The van der Waals surface area contributed by atoms with E-state index in [4.69, 9.17) is 0 Å². The second-order valence-electron chi connectivity index (χ2n) is 4.56. The Morgan fingerprint density at radius 3 is 3.10 bits per heavy atom. The van der Waals surface area contributed by atoms with E-state index >= 15 is 0 Å². The lowest BCUT2D eigenvalue weighted by Crippen LogP contribution is -2.29. The zero-order chi connectivity index (χ0) is 13.8. The van der Waals surface area contributed by atoms with Gasteiger partial charge in [0.15, 0.2) is 0 Å². The monoisotopic (exact) mass is 269 g/mol. The van der Waals surface area contributed by atoms with Crippen LogP contribution >= 0.6 is 0 Å². The summed E-state index contributed by atoms with van der Waals surface area (Å²) >= 11 is 0. The molecule has 2 aromatic heterocycles. The number of fused-ring (bicyclic) bond motifs is 1. The number of nitrogens with zero attached hydrogens (tertiary/aromatic N) is 3. The molecule has 0 radical (unpaired) electrons. The standard InChI is InChI=1S/C14H15N5O/c20-14(10-19-8-7-17-18-19)15-6-5-11-9-16-13-4-2-1-3-12(11)13/h1-4,7-9,16H,5-6,10H2,(H,15,20). The van der Waals surface area contributed by atoms with Gasteiger partial charge in [0.05, 0.1) is 6.20 Å². The highest BCUT2D eigenvalue weighted by Gasteiger charge is 2.05. The molecule has 3 aromatic rings. The van der Waals surface area contributed by atoms with E-state index in [0.29, 0.717) is 6.54 Å². The average Bonchev–Trinajstić information content (AvgIpc) is 3.09. The Kier molecular flexibility index (Phi) is 3.45. The number of hydrogen-bond acceptors (Lipinski definition) is 3. The van der Waals surface area contributed by atoms with Crippen molar-refractivity contribution in [3.05, 3.63) is 48.4 Å². The number of para-hydroxylation sites is 1. The van der Waals surface area contributed by atoms with Crippen LogP contribution in [0.15, 0.2) is 42.9 Å². The van der Waals surface area contributed by atoms with E-state index in [0.717, 1.165) is 11.9 Å². The first-order valence-corrected chi connectivity index (χ1v) is 6.49. The average molecular weight is 269 g/mol. The first-order chi connectivity index (χ1) is 9.83. The molecular formula is C14H15N5O. The fraction of sp³-hybridized carbons (Fsp3) is 0.214. The summed E-state index contributed by atoms with van der Waals surface area (Å²) in [7, 11) is 0. The van der Waals surface area contributed by atoms with Gasteiger partial charge >= 0.3 is 0 Å². The number of rotatable bonds is 5. The van der Waals surface area contributed by atoms with Crippen LogP contribution in [0.1, 0.15) is 5.56 Å². The molecule has 0 spiro atoms. The number of hydrogen-bond donors (Lipinski definition) is 2. The number of carbonyl (C=O) groups excluding carboxylic acids is 1. The minimum atomic E-state index is -0.0599. The molecule has 0 atom stereocenters. The van der Waals surface area contributed by atoms with Crippen molar-refractivity contribution in [1.29, 1.82) is 0 Å². The minimum Gasteiger partial charge on any atom is -0.361 e. The molecule has 2 heterocycles. The second-order valence-corrected chi connectivity index (χ2v) is 4.56. The van der Waals surface area contributed by atoms with Gasteiger partial charge in [-0.2, -0.15) is 0 Å². The van der Waals surface area contributed by atoms with Gasteiger partial charge in [-0.15, -0.1) is 5.10 Å². The molecule has 0 unspecified atom stereocenters. The van der Waals surface area contributed by atoms with E-state index in [9.17, 15) is 4.79 Å². The first kappa shape index (κ1) is 12.4. The van der Waals surface area contributed by atoms with Crippen molar-refractivity contribution in [2.45, 2.75) is 13.0 Å². The summed E-state index contributed by atoms with van der Waals surface area (Å²) in [5.41, 5.74) is 2.33. The third-order valence-corrected chi connectivity index (χ3v) is 3.17. The van der Waals surface area contributed by atoms with Crippen molar-refractivity contribution < 1.29 is 4.79 Å². The Morgan fingerprint density at radius 1 is 1.35 bits per heavy atom. The van der Waals surface area contributed by atoms with Crippen LogP contribution < -0.4 is 5.32 Å². The number of nitrogens with one attached hydrogen (secondary N) is 2. The lowest BCUT2D eigenvalue weighted by molar-refractivity contribution is -0.121. The minimum absolute atomic E-state index is 0.0599. The lowest BCUT2D eigenvalue weighted by atomic mass is 10.1. The van der Waals surface area contributed by atoms with Gasteiger partial charge in [0, 0.05) is 29.8 Å². The number of carbonyl (C=O) groups is 1. The van der Waals surface area contributed by atoms with Crippen molar-refractivity contribution in [1.82, 2.24) is 25.3 Å². The molecule has 0 saturated heterocycles. The van der Waals surface area contributed by atoms with Crippen molar-refractivity contribution in [2.75, 3.05) is 6.54 Å². The Balaban J connectivity index is 1.53. The fourth-order valence-corrected chi connectivity index (χ4v) is 2.20. The van der Waals surface area contributed by atoms with Crippen molar-refractivity contribution in [3.8, 4) is 0 Å². The van der Waals surface area contributed by atoms with Gasteiger partial charge in [-0.25, -0.2) is 4.68 Å². The normalized spacial score (nSPS) is 10.8. The van der Waals surface area contributed by atoms with Crippen LogP contribution in [0.2, 0.25) is 0 Å². The lowest BCUT2D eigenvalue weighted by Gasteiger charge is -2.04. The summed E-state index contributed by atoms with van der Waals surface area (Å²) in [6.07, 6.45) is 6.01. The molecule has 3 rings (SSSR count). The van der Waals surface area contributed by atoms with Gasteiger partial charge in [0.25, 0.3) is 0 Å². The van der Waals surface area contributed by atoms with Crippen molar-refractivity contribution in [2.24, 2.45) is 0 Å². The molecule has 0 aliphatic rings. The summed E-state index contributed by atoms with van der Waals surface area (Å²) in [4.78, 5) is 14.9. The molecule has 1 aromatic carbocycles. The van der Waals surface area contributed by atoms with Crippen LogP contribution in [0, 0.1) is 0 Å². The predicted molar refractivity (Wildman–Crippen MR) is 75.0 cm³/mol. The number of benzene rings is 1. The highest BCUT2D eigenvalue weighted by molar-refractivity contribution is 5.83. The second kappa shape index (κ2) is 5.56. The summed E-state index contributed by atoms with van der Waals surface area (Å²) < 4.78 is 1.50. The fourth-order valence-electron chi connectivity index (χ4n) is 2.20. The van der Waals surface area contributed by atoms with Crippen LogP contribution in [0.3, 0.4) is 0 Å². The zero-order valence-electron chi connectivity index (χ0n) is 10.9. The molecule has 0 fully saturated rings. The molecule has 6 nitrogen and oxygen atoms in total. The summed E-state index contributed by atoms with van der Waals surface area (Å²) in [6, 6.07) is 8.14. The molecule has 20 heavy (non-hydrogen) atoms. The van der Waals surface area contributed by atoms with E-state index in [1.54, 1.807) is 12.4 Å². The highest BCUT2D eigenvalue weighted by Crippen LogP contribution is 2.17. The number of aromatic amines is 1. The Hall–Kier alpha value is -2.63. The topological polar surface area (TPSA) is 75.6 Å². The molecule has 0 aliphatic heterocycles. The van der Waals surface area contributed by atoms with Gasteiger partial charge in [0.2, 0.25) is 5.91 Å². The van der Waals surface area contributed by atoms with E-state index in [1.165, 1.54) is 15.6 Å². The number of amides is 1. The maximum absolute atomic E-state index is 11.7. The number of aromatic nitrogens is 4. The van der Waals surface area contributed by atoms with E-state index in [1.807, 2.05) is 24.4 Å². The van der Waals surface area contributed by atoms with Gasteiger partial charge < -0.3 is 10.3 Å². The molecule has 0 bridgehead atoms. The summed E-state index contributed by atoms with van der Waals surface area (Å²) in [5.74, 6) is -0.0599. The van der Waals surface area contributed by atoms with E-state index in [-0.39, 0.29) is 12.5 Å². The Morgan fingerprint density at radius 2 is 2.25 bits per heavy atom. The molecule has 102 valence electrons. The van der Waals surface area contributed by atoms with Gasteiger partial charge in [-0.1, -0.05) is 23.4 Å². The smallest absolute Gasteiger partial charge is 0.241 e. The molecule has 2 N–H and O–H groups in total. The molecule has 1 amide bonds. The SMILES string of the molecule is O=C(Cn1ccnn1)NCCc1c[nH]c2ccccc12. The van der Waals surface area contributed by atoms with Crippen LogP contribution in [0.4, 0.5) is 0 Å². The highest BCUT2D eigenvalue weighted by atomic mass is 16.2. The quantitative estimate of drug-likeness (QED) is 0.728. The zero-order valence-corrected chi connectivity index (χ0v) is 10.9. The molecular weight excluding hydrogens is 254 g/mol. The first-order valence-electron chi connectivity index (χ1n) is 6.49. The van der Waals surface area contributed by atoms with E-state index < -0.39 is 0 Å². The van der Waals surface area contributed by atoms with Crippen molar-refractivity contribution >= 4 is 16.8 Å². The summed E-state index contributed by atoms with van der Waals surface area (Å²) in [5, 5.41) is 11.5. The largest absolute Gasteiger partial charge is 0.361 e. The number of H-pyrrole nitrogens is 1. The molecule has 0 aliphatic carbocycles. The maximum Gasteiger partial charge on any atom is 0.241 e. The van der Waals surface area contributed by atoms with Crippen molar-refractivity contribution in [3.63, 3.8) is 0 Å². The Bertz CT molecular complexity index is 701. The third kappa shape index (κ3) is 2.69. The molecule has 0 saturated carbocycles. The van der Waals surface area contributed by atoms with Gasteiger partial charge in [-0.3, -0.25) is 4.79 Å². The van der Waals surface area contributed by atoms with Crippen LogP contribution in [-0.4, -0.2) is 32.4 Å². The Labute approximate surface area is 115 Å². The predicted octanol–water partition coefficient (Wildman–Crippen LogP) is 1.12. The van der Waals surface area contributed by atoms with Crippen LogP contribution in [0.5, 0.6) is 0 Å². The van der Waals surface area contributed by atoms with Crippen LogP contribution in [0.25, 0.3) is 10.9 Å². The third-order valence-electron chi connectivity index (χ3n) is 3.17.